The summed E-state index contributed by atoms with van der Waals surface area (Å²) in [4.78, 5) is 34.9. The highest BCUT2D eigenvalue weighted by atomic mass is 31.2. The zero-order chi connectivity index (χ0) is 40.3. The standard InChI is InChI=1S/C45H78NO8P/c1-3-5-7-9-11-13-15-17-19-20-21-22-24-26-28-30-32-34-36-38-45(48)54-43(42-53-55(49,50)52-40-39-46)41-51-44(47)37-35-33-31-29-27-25-23-18-16-14-12-10-8-6-4-2/h4-5,7,11,13,17,19,21-22,26,28,43H,2-3,6,8-10,12,14-16,18,20,23-25,27,29-42,46H2,1H3,(H,49,50)/b7-5+,13-11+,19-17+,22-21+,28-26+/t43-/m1/s1. The van der Waals surface area contributed by atoms with E-state index in [4.69, 9.17) is 24.3 Å². The van der Waals surface area contributed by atoms with E-state index in [0.29, 0.717) is 6.42 Å². The topological polar surface area (TPSA) is 134 Å². The second kappa shape index (κ2) is 41.1. The first-order chi connectivity index (χ1) is 26.8. The summed E-state index contributed by atoms with van der Waals surface area (Å²) in [5.74, 6) is -0.874. The number of phosphoric ester groups is 1. The summed E-state index contributed by atoms with van der Waals surface area (Å²) in [7, 11) is -4.39. The van der Waals surface area contributed by atoms with E-state index in [1.54, 1.807) is 0 Å². The van der Waals surface area contributed by atoms with Gasteiger partial charge in [0.2, 0.25) is 0 Å². The molecule has 316 valence electrons. The molecular weight excluding hydrogens is 713 g/mol. The molecule has 0 aromatic rings. The lowest BCUT2D eigenvalue weighted by atomic mass is 10.0. The number of carbonyl (C=O) groups is 2. The van der Waals surface area contributed by atoms with Crippen molar-refractivity contribution in [3.05, 3.63) is 73.4 Å². The van der Waals surface area contributed by atoms with Crippen molar-refractivity contribution in [2.24, 2.45) is 5.73 Å². The largest absolute Gasteiger partial charge is 0.472 e. The number of hydrogen-bond acceptors (Lipinski definition) is 8. The highest BCUT2D eigenvalue weighted by molar-refractivity contribution is 7.47. The number of phosphoric acid groups is 1. The van der Waals surface area contributed by atoms with Crippen LogP contribution >= 0.6 is 7.82 Å². The zero-order valence-corrected chi connectivity index (χ0v) is 35.4. The Labute approximate surface area is 335 Å². The summed E-state index contributed by atoms with van der Waals surface area (Å²) in [6.45, 7) is 5.08. The van der Waals surface area contributed by atoms with Crippen LogP contribution in [0.15, 0.2) is 73.4 Å². The van der Waals surface area contributed by atoms with E-state index in [9.17, 15) is 19.0 Å². The minimum Gasteiger partial charge on any atom is -0.462 e. The molecule has 0 radical (unpaired) electrons. The summed E-state index contributed by atoms with van der Waals surface area (Å²) >= 11 is 0. The minimum atomic E-state index is -4.39. The van der Waals surface area contributed by atoms with E-state index in [2.05, 4.69) is 74.3 Å². The highest BCUT2D eigenvalue weighted by Crippen LogP contribution is 2.43. The van der Waals surface area contributed by atoms with Crippen LogP contribution in [0.1, 0.15) is 167 Å². The molecule has 55 heavy (non-hydrogen) atoms. The van der Waals surface area contributed by atoms with E-state index in [-0.39, 0.29) is 32.6 Å². The second-order valence-electron chi connectivity index (χ2n) is 13.9. The fourth-order valence-electron chi connectivity index (χ4n) is 5.58. The van der Waals surface area contributed by atoms with Gasteiger partial charge in [-0.25, -0.2) is 4.57 Å². The molecule has 0 saturated carbocycles. The average molecular weight is 792 g/mol. The molecule has 0 bridgehead atoms. The van der Waals surface area contributed by atoms with Crippen LogP contribution < -0.4 is 5.73 Å². The molecule has 0 fully saturated rings. The van der Waals surface area contributed by atoms with Crippen molar-refractivity contribution in [1.82, 2.24) is 0 Å². The van der Waals surface area contributed by atoms with E-state index in [1.165, 1.54) is 64.2 Å². The first-order valence-electron chi connectivity index (χ1n) is 21.4. The Balaban J connectivity index is 4.23. The van der Waals surface area contributed by atoms with Crippen LogP contribution in [0.2, 0.25) is 0 Å². The number of ether oxygens (including phenoxy) is 2. The maximum absolute atomic E-state index is 12.6. The van der Waals surface area contributed by atoms with Crippen molar-refractivity contribution in [2.45, 2.75) is 174 Å². The smallest absolute Gasteiger partial charge is 0.462 e. The van der Waals surface area contributed by atoms with Gasteiger partial charge >= 0.3 is 19.8 Å². The van der Waals surface area contributed by atoms with Gasteiger partial charge in [-0.2, -0.15) is 0 Å². The third-order valence-electron chi connectivity index (χ3n) is 8.72. The molecule has 0 heterocycles. The molecule has 0 rings (SSSR count). The first-order valence-corrected chi connectivity index (χ1v) is 22.9. The maximum atomic E-state index is 12.6. The van der Waals surface area contributed by atoms with Gasteiger partial charge in [-0.1, -0.05) is 151 Å². The predicted octanol–water partition coefficient (Wildman–Crippen LogP) is 12.3. The molecule has 0 aromatic heterocycles. The summed E-state index contributed by atoms with van der Waals surface area (Å²) in [6, 6.07) is 0. The fraction of sp³-hybridized carbons (Fsp3) is 0.689. The summed E-state index contributed by atoms with van der Waals surface area (Å²) < 4.78 is 32.7. The number of esters is 2. The Morgan fingerprint density at radius 2 is 1.04 bits per heavy atom. The van der Waals surface area contributed by atoms with Crippen molar-refractivity contribution in [3.8, 4) is 0 Å². The van der Waals surface area contributed by atoms with Crippen molar-refractivity contribution in [1.29, 1.82) is 0 Å². The molecular formula is C45H78NO8P. The lowest BCUT2D eigenvalue weighted by Gasteiger charge is -2.19. The number of carbonyl (C=O) groups excluding carboxylic acids is 2. The Bertz CT molecular complexity index is 1120. The summed E-state index contributed by atoms with van der Waals surface area (Å²) in [5.41, 5.74) is 5.34. The normalized spacial score (nSPS) is 13.8. The SMILES string of the molecule is C=CCCCCCCCCCCCCCCCC(=O)OC[C@H](COP(=O)(O)OCCN)OC(=O)CCCCC/C=C/C/C=C/C/C=C/C/C=C/C/C=C/CC. The van der Waals surface area contributed by atoms with Gasteiger partial charge in [0.25, 0.3) is 0 Å². The van der Waals surface area contributed by atoms with Gasteiger partial charge in [0.05, 0.1) is 13.2 Å². The molecule has 9 nitrogen and oxygen atoms in total. The van der Waals surface area contributed by atoms with Gasteiger partial charge in [0, 0.05) is 19.4 Å². The van der Waals surface area contributed by atoms with Gasteiger partial charge in [-0.05, 0) is 70.6 Å². The number of allylic oxidation sites excluding steroid dienone is 11. The molecule has 1 unspecified atom stereocenters. The summed E-state index contributed by atoms with van der Waals surface area (Å²) in [5, 5.41) is 0. The van der Waals surface area contributed by atoms with Crippen LogP contribution in [0.4, 0.5) is 0 Å². The average Bonchev–Trinajstić information content (AvgIpc) is 3.17. The number of hydrogen-bond donors (Lipinski definition) is 2. The molecule has 3 N–H and O–H groups in total. The number of unbranched alkanes of at least 4 members (excludes halogenated alkanes) is 16. The van der Waals surface area contributed by atoms with Crippen LogP contribution in [0, 0.1) is 0 Å². The first kappa shape index (κ1) is 52.5. The lowest BCUT2D eigenvalue weighted by molar-refractivity contribution is -0.161. The Hall–Kier alpha value is -2.55. The molecule has 0 spiro atoms. The Kier molecular flexibility index (Phi) is 39.2. The number of rotatable bonds is 40. The molecule has 10 heteroatoms. The van der Waals surface area contributed by atoms with Crippen molar-refractivity contribution >= 4 is 19.8 Å². The van der Waals surface area contributed by atoms with Gasteiger partial charge in [0.15, 0.2) is 6.10 Å². The maximum Gasteiger partial charge on any atom is 0.472 e. The van der Waals surface area contributed by atoms with Crippen molar-refractivity contribution in [2.75, 3.05) is 26.4 Å². The van der Waals surface area contributed by atoms with E-state index < -0.39 is 32.5 Å². The lowest BCUT2D eigenvalue weighted by Crippen LogP contribution is -2.29. The van der Waals surface area contributed by atoms with Crippen LogP contribution in [-0.4, -0.2) is 49.3 Å². The quantitative estimate of drug-likeness (QED) is 0.0269. The molecule has 0 saturated heterocycles. The zero-order valence-electron chi connectivity index (χ0n) is 34.5. The summed E-state index contributed by atoms with van der Waals surface area (Å²) in [6.07, 6.45) is 48.2. The van der Waals surface area contributed by atoms with Crippen molar-refractivity contribution < 1.29 is 37.6 Å². The van der Waals surface area contributed by atoms with Crippen LogP contribution in [-0.2, 0) is 32.7 Å². The van der Waals surface area contributed by atoms with Gasteiger partial charge < -0.3 is 20.1 Å². The van der Waals surface area contributed by atoms with E-state index in [1.807, 2.05) is 6.08 Å². The molecule has 0 aliphatic heterocycles. The van der Waals surface area contributed by atoms with Crippen molar-refractivity contribution in [3.63, 3.8) is 0 Å². The monoisotopic (exact) mass is 792 g/mol. The Morgan fingerprint density at radius 1 is 0.600 bits per heavy atom. The predicted molar refractivity (Wildman–Crippen MR) is 229 cm³/mol. The van der Waals surface area contributed by atoms with Gasteiger partial charge in [0.1, 0.15) is 6.61 Å². The second-order valence-corrected chi connectivity index (χ2v) is 15.4. The molecule has 0 aliphatic rings. The molecule has 0 amide bonds. The van der Waals surface area contributed by atoms with E-state index in [0.717, 1.165) is 77.0 Å². The minimum absolute atomic E-state index is 0.0438. The fourth-order valence-corrected chi connectivity index (χ4v) is 6.35. The Morgan fingerprint density at radius 3 is 1.55 bits per heavy atom. The van der Waals surface area contributed by atoms with E-state index >= 15 is 0 Å². The third kappa shape index (κ3) is 40.9. The third-order valence-corrected chi connectivity index (χ3v) is 9.71. The molecule has 0 aromatic carbocycles. The molecule has 0 aliphatic carbocycles. The van der Waals surface area contributed by atoms with Gasteiger partial charge in [-0.15, -0.1) is 6.58 Å². The van der Waals surface area contributed by atoms with Gasteiger partial charge in [-0.3, -0.25) is 18.6 Å². The van der Waals surface area contributed by atoms with Crippen LogP contribution in [0.3, 0.4) is 0 Å². The van der Waals surface area contributed by atoms with Crippen LogP contribution in [0.25, 0.3) is 0 Å². The molecule has 2 atom stereocenters. The van der Waals surface area contributed by atoms with Crippen LogP contribution in [0.5, 0.6) is 0 Å². The highest BCUT2D eigenvalue weighted by Gasteiger charge is 2.26. The number of nitrogens with two attached hydrogens (primary N) is 1.